The molecule has 0 radical (unpaired) electrons. The minimum absolute atomic E-state index is 0.0198. The SMILES string of the molecule is CCc1ccc(N2C(=O)/C(=C/c3ccc(OC(C)C(=O)[O-])cc3)C(=O)NC2=S)cc1. The van der Waals surface area contributed by atoms with Gasteiger partial charge in [-0.1, -0.05) is 31.2 Å². The third-order valence-corrected chi connectivity index (χ3v) is 4.82. The molecule has 1 unspecified atom stereocenters. The van der Waals surface area contributed by atoms with Crippen LogP contribution in [0.15, 0.2) is 54.1 Å². The Kier molecular flexibility index (Phi) is 6.27. The standard InChI is InChI=1S/C22H20N2O5S/c1-3-14-4-8-16(9-5-14)24-20(26)18(19(25)23-22(24)30)12-15-6-10-17(11-7-15)29-13(2)21(27)28/h4-13H,3H2,1-2H3,(H,27,28)(H,23,25,30)/p-1/b18-12+. The van der Waals surface area contributed by atoms with Gasteiger partial charge >= 0.3 is 0 Å². The summed E-state index contributed by atoms with van der Waals surface area (Å²) in [5.41, 5.74) is 2.17. The number of carbonyl (C=O) groups is 3. The number of thiocarbonyl (C=S) groups is 1. The molecule has 0 spiro atoms. The topological polar surface area (TPSA) is 98.8 Å². The maximum atomic E-state index is 13.0. The van der Waals surface area contributed by atoms with Crippen molar-refractivity contribution in [2.75, 3.05) is 4.90 Å². The Labute approximate surface area is 179 Å². The summed E-state index contributed by atoms with van der Waals surface area (Å²) in [5.74, 6) is -2.11. The molecule has 1 aliphatic heterocycles. The number of ether oxygens (including phenoxy) is 1. The van der Waals surface area contributed by atoms with Crippen LogP contribution in [0.3, 0.4) is 0 Å². The molecule has 30 heavy (non-hydrogen) atoms. The first-order valence-corrected chi connectivity index (χ1v) is 9.69. The second kappa shape index (κ2) is 8.87. The zero-order chi connectivity index (χ0) is 21.8. The number of carbonyl (C=O) groups excluding carboxylic acids is 3. The Morgan fingerprint density at radius 1 is 1.17 bits per heavy atom. The maximum absolute atomic E-state index is 13.0. The number of aliphatic carboxylic acids is 1. The van der Waals surface area contributed by atoms with Gasteiger partial charge < -0.3 is 14.6 Å². The summed E-state index contributed by atoms with van der Waals surface area (Å²) in [6, 6.07) is 13.7. The number of carboxylic acid groups (broad SMARTS) is 1. The van der Waals surface area contributed by atoms with E-state index >= 15 is 0 Å². The van der Waals surface area contributed by atoms with Crippen LogP contribution in [0.4, 0.5) is 5.69 Å². The molecule has 0 saturated carbocycles. The normalized spacial score (nSPS) is 16.4. The van der Waals surface area contributed by atoms with E-state index in [4.69, 9.17) is 17.0 Å². The molecule has 1 aliphatic rings. The summed E-state index contributed by atoms with van der Waals surface area (Å²) < 4.78 is 5.22. The number of hydrogen-bond acceptors (Lipinski definition) is 6. The Bertz CT molecular complexity index is 1030. The lowest BCUT2D eigenvalue weighted by Gasteiger charge is -2.29. The molecule has 1 saturated heterocycles. The van der Waals surface area contributed by atoms with Crippen molar-refractivity contribution in [3.05, 3.63) is 65.2 Å². The van der Waals surface area contributed by atoms with Gasteiger partial charge in [0, 0.05) is 0 Å². The van der Waals surface area contributed by atoms with Gasteiger partial charge in [-0.2, -0.15) is 0 Å². The van der Waals surface area contributed by atoms with Crippen LogP contribution in [0.5, 0.6) is 5.75 Å². The van der Waals surface area contributed by atoms with Crippen molar-refractivity contribution in [1.82, 2.24) is 5.32 Å². The van der Waals surface area contributed by atoms with Crippen molar-refractivity contribution in [3.63, 3.8) is 0 Å². The summed E-state index contributed by atoms with van der Waals surface area (Å²) in [6.07, 6.45) is 1.20. The Morgan fingerprint density at radius 2 is 1.80 bits per heavy atom. The maximum Gasteiger partial charge on any atom is 0.270 e. The summed E-state index contributed by atoms with van der Waals surface area (Å²) >= 11 is 5.20. The van der Waals surface area contributed by atoms with Crippen molar-refractivity contribution in [2.45, 2.75) is 26.4 Å². The largest absolute Gasteiger partial charge is 0.546 e. The molecule has 0 bridgehead atoms. The summed E-state index contributed by atoms with van der Waals surface area (Å²) in [4.78, 5) is 37.4. The molecule has 8 heteroatoms. The quantitative estimate of drug-likeness (QED) is 0.431. The van der Waals surface area contributed by atoms with E-state index in [0.717, 1.165) is 12.0 Å². The van der Waals surface area contributed by atoms with Crippen LogP contribution < -0.4 is 20.1 Å². The van der Waals surface area contributed by atoms with Crippen molar-refractivity contribution in [2.24, 2.45) is 0 Å². The minimum Gasteiger partial charge on any atom is -0.546 e. The third-order valence-electron chi connectivity index (χ3n) is 4.54. The number of rotatable bonds is 6. The number of benzene rings is 2. The molecule has 1 heterocycles. The molecule has 0 aromatic heterocycles. The number of hydrogen-bond donors (Lipinski definition) is 1. The number of amides is 2. The molecular formula is C22H19N2O5S-. The van der Waals surface area contributed by atoms with Gasteiger partial charge in [-0.05, 0) is 67.0 Å². The number of nitrogens with zero attached hydrogens (tertiary/aromatic N) is 1. The molecule has 2 aromatic rings. The van der Waals surface area contributed by atoms with Crippen molar-refractivity contribution in [1.29, 1.82) is 0 Å². The average molecular weight is 423 g/mol. The first kappa shape index (κ1) is 21.2. The van der Waals surface area contributed by atoms with Crippen molar-refractivity contribution >= 4 is 46.9 Å². The van der Waals surface area contributed by atoms with Gasteiger partial charge in [-0.25, -0.2) is 0 Å². The highest BCUT2D eigenvalue weighted by Crippen LogP contribution is 2.23. The van der Waals surface area contributed by atoms with Crippen LogP contribution in [0.2, 0.25) is 0 Å². The smallest absolute Gasteiger partial charge is 0.270 e. The molecule has 1 fully saturated rings. The van der Waals surface area contributed by atoms with Crippen LogP contribution in [-0.2, 0) is 20.8 Å². The monoisotopic (exact) mass is 423 g/mol. The highest BCUT2D eigenvalue weighted by atomic mass is 32.1. The van der Waals surface area contributed by atoms with E-state index < -0.39 is 23.9 Å². The van der Waals surface area contributed by atoms with Gasteiger partial charge in [-0.15, -0.1) is 0 Å². The molecular weight excluding hydrogens is 404 g/mol. The predicted molar refractivity (Wildman–Crippen MR) is 114 cm³/mol. The second-order valence-electron chi connectivity index (χ2n) is 6.63. The fourth-order valence-corrected chi connectivity index (χ4v) is 3.12. The first-order valence-electron chi connectivity index (χ1n) is 9.28. The van der Waals surface area contributed by atoms with E-state index in [9.17, 15) is 19.5 Å². The van der Waals surface area contributed by atoms with Crippen molar-refractivity contribution < 1.29 is 24.2 Å². The van der Waals surface area contributed by atoms with Gasteiger partial charge in [0.15, 0.2) is 5.11 Å². The zero-order valence-electron chi connectivity index (χ0n) is 16.4. The van der Waals surface area contributed by atoms with E-state index in [0.29, 0.717) is 17.0 Å². The molecule has 0 aliphatic carbocycles. The van der Waals surface area contributed by atoms with Crippen LogP contribution in [0, 0.1) is 0 Å². The van der Waals surface area contributed by atoms with Gasteiger partial charge in [-0.3, -0.25) is 19.8 Å². The third kappa shape index (κ3) is 4.55. The molecule has 154 valence electrons. The number of aryl methyl sites for hydroxylation is 1. The Morgan fingerprint density at radius 3 is 2.37 bits per heavy atom. The number of nitrogens with one attached hydrogen (secondary N) is 1. The summed E-state index contributed by atoms with van der Waals surface area (Å²) in [6.45, 7) is 3.39. The van der Waals surface area contributed by atoms with Crippen molar-refractivity contribution in [3.8, 4) is 5.75 Å². The molecule has 1 atom stereocenters. The number of anilines is 1. The number of carboxylic acids is 1. The lowest BCUT2D eigenvalue weighted by Crippen LogP contribution is -2.54. The lowest BCUT2D eigenvalue weighted by atomic mass is 10.1. The van der Waals surface area contributed by atoms with Crippen LogP contribution in [0.25, 0.3) is 6.08 Å². The van der Waals surface area contributed by atoms with Crippen LogP contribution in [0.1, 0.15) is 25.0 Å². The van der Waals surface area contributed by atoms with E-state index in [1.165, 1.54) is 17.9 Å². The van der Waals surface area contributed by atoms with E-state index in [1.54, 1.807) is 36.4 Å². The predicted octanol–water partition coefficient (Wildman–Crippen LogP) is 1.60. The molecule has 1 N–H and O–H groups in total. The average Bonchev–Trinajstić information content (AvgIpc) is 2.72. The fourth-order valence-electron chi connectivity index (χ4n) is 2.83. The van der Waals surface area contributed by atoms with Gasteiger partial charge in [0.25, 0.3) is 11.8 Å². The lowest BCUT2D eigenvalue weighted by molar-refractivity contribution is -0.312. The zero-order valence-corrected chi connectivity index (χ0v) is 17.2. The van der Waals surface area contributed by atoms with Crippen LogP contribution >= 0.6 is 12.2 Å². The molecule has 2 amide bonds. The minimum atomic E-state index is -1.33. The Balaban J connectivity index is 1.85. The van der Waals surface area contributed by atoms with E-state index in [2.05, 4.69) is 5.32 Å². The van der Waals surface area contributed by atoms with Crippen LogP contribution in [-0.4, -0.2) is 29.0 Å². The van der Waals surface area contributed by atoms with E-state index in [-0.39, 0.29) is 10.7 Å². The Hall–Kier alpha value is -3.52. The van der Waals surface area contributed by atoms with Gasteiger partial charge in [0.05, 0.1) is 11.7 Å². The fraction of sp³-hybridized carbons (Fsp3) is 0.182. The first-order chi connectivity index (χ1) is 14.3. The summed E-state index contributed by atoms with van der Waals surface area (Å²) in [5, 5.41) is 13.3. The molecule has 3 rings (SSSR count). The summed E-state index contributed by atoms with van der Waals surface area (Å²) in [7, 11) is 0. The highest BCUT2D eigenvalue weighted by molar-refractivity contribution is 7.80. The van der Waals surface area contributed by atoms with Gasteiger partial charge in [0.2, 0.25) is 0 Å². The molecule has 7 nitrogen and oxygen atoms in total. The second-order valence-corrected chi connectivity index (χ2v) is 7.01. The van der Waals surface area contributed by atoms with Gasteiger partial charge in [0.1, 0.15) is 17.4 Å². The molecule has 2 aromatic carbocycles. The van der Waals surface area contributed by atoms with E-state index in [1.807, 2.05) is 19.1 Å². The highest BCUT2D eigenvalue weighted by Gasteiger charge is 2.34.